The average molecular weight is 746 g/mol. The van der Waals surface area contributed by atoms with Crippen molar-refractivity contribution < 1.29 is 23.4 Å². The number of fused-ring (bicyclic) bond motifs is 2. The summed E-state index contributed by atoms with van der Waals surface area (Å²) in [4.78, 5) is 31.1. The van der Waals surface area contributed by atoms with Gasteiger partial charge in [0.25, 0.3) is 11.5 Å². The van der Waals surface area contributed by atoms with Crippen LogP contribution >= 0.6 is 31.9 Å². The molecule has 46 heavy (non-hydrogen) atoms. The molecule has 0 bridgehead atoms. The van der Waals surface area contributed by atoms with Gasteiger partial charge in [-0.25, -0.2) is 4.98 Å². The van der Waals surface area contributed by atoms with Crippen molar-refractivity contribution in [1.82, 2.24) is 9.66 Å². The highest BCUT2D eigenvalue weighted by molar-refractivity contribution is 9.13. The minimum atomic E-state index is -0.383. The fourth-order valence-corrected chi connectivity index (χ4v) is 5.72. The Balaban J connectivity index is 1.35. The maximum absolute atomic E-state index is 13.7. The van der Waals surface area contributed by atoms with E-state index in [1.54, 1.807) is 37.4 Å². The fourth-order valence-electron chi connectivity index (χ4n) is 4.79. The third-order valence-corrected chi connectivity index (χ3v) is 9.23. The average Bonchev–Trinajstić information content (AvgIpc) is 3.51. The molecule has 0 saturated heterocycles. The predicted octanol–water partition coefficient (Wildman–Crippen LogP) is 7.56. The number of ether oxygens (including phenoxy) is 3. The van der Waals surface area contributed by atoms with Crippen molar-refractivity contribution in [3.05, 3.63) is 109 Å². The second-order valence-corrected chi connectivity index (χ2v) is 11.7. The Morgan fingerprint density at radius 3 is 2.48 bits per heavy atom. The first-order chi connectivity index (χ1) is 22.3. The molecule has 0 radical (unpaired) electrons. The Bertz CT molecular complexity index is 2190. The lowest BCUT2D eigenvalue weighted by Gasteiger charge is -2.15. The number of aryl methyl sites for hydroxylation is 1. The zero-order valence-electron chi connectivity index (χ0n) is 24.8. The summed E-state index contributed by atoms with van der Waals surface area (Å²) >= 11 is 7.14. The van der Waals surface area contributed by atoms with Gasteiger partial charge in [0, 0.05) is 15.7 Å². The summed E-state index contributed by atoms with van der Waals surface area (Å²) in [5, 5.41) is 8.49. The van der Waals surface area contributed by atoms with Gasteiger partial charge >= 0.3 is 0 Å². The SMILES string of the molecule is COc1cc(C=Nn2c(-c3cc4c(OC)cccc4o3)nc3ccccc3c2=O)c(Br)c(Br)c1OCC(=O)Nc1ccc(C)cc1. The van der Waals surface area contributed by atoms with Gasteiger partial charge in [0.1, 0.15) is 11.3 Å². The minimum Gasteiger partial charge on any atom is -0.496 e. The molecule has 0 unspecified atom stereocenters. The number of methoxy groups -OCH3 is 2. The van der Waals surface area contributed by atoms with Crippen LogP contribution < -0.4 is 25.1 Å². The quantitative estimate of drug-likeness (QED) is 0.152. The maximum Gasteiger partial charge on any atom is 0.282 e. The first kappa shape index (κ1) is 31.1. The number of rotatable bonds is 9. The number of furan rings is 1. The van der Waals surface area contributed by atoms with Gasteiger partial charge in [0.15, 0.2) is 23.9 Å². The largest absolute Gasteiger partial charge is 0.496 e. The molecule has 0 aliphatic carbocycles. The van der Waals surface area contributed by atoms with Gasteiger partial charge in [-0.15, -0.1) is 0 Å². The van der Waals surface area contributed by atoms with Crippen molar-refractivity contribution in [3.8, 4) is 28.8 Å². The molecule has 0 atom stereocenters. The zero-order valence-corrected chi connectivity index (χ0v) is 28.0. The van der Waals surface area contributed by atoms with E-state index in [9.17, 15) is 9.59 Å². The topological polar surface area (TPSA) is 117 Å². The lowest BCUT2D eigenvalue weighted by atomic mass is 10.2. The number of nitrogens with zero attached hydrogens (tertiary/aromatic N) is 3. The number of carbonyl (C=O) groups is 1. The van der Waals surface area contributed by atoms with E-state index in [2.05, 4.69) is 42.3 Å². The van der Waals surface area contributed by atoms with Crippen LogP contribution in [0.15, 0.2) is 102 Å². The fraction of sp³-hybridized carbons (Fsp3) is 0.118. The number of hydrogen-bond acceptors (Lipinski definition) is 8. The summed E-state index contributed by atoms with van der Waals surface area (Å²) in [6.45, 7) is 1.71. The van der Waals surface area contributed by atoms with Crippen molar-refractivity contribution in [1.29, 1.82) is 0 Å². The first-order valence-corrected chi connectivity index (χ1v) is 15.5. The molecule has 12 heteroatoms. The third kappa shape index (κ3) is 6.13. The normalized spacial score (nSPS) is 11.3. The van der Waals surface area contributed by atoms with Crippen LogP contribution in [0.3, 0.4) is 0 Å². The number of anilines is 1. The molecule has 1 amide bonds. The molecule has 6 aromatic rings. The summed E-state index contributed by atoms with van der Waals surface area (Å²) < 4.78 is 25.3. The second-order valence-electron chi connectivity index (χ2n) is 10.1. The van der Waals surface area contributed by atoms with Gasteiger partial charge in [-0.05, 0) is 87.3 Å². The van der Waals surface area contributed by atoms with Crippen LogP contribution in [0.25, 0.3) is 33.5 Å². The van der Waals surface area contributed by atoms with Gasteiger partial charge in [0.2, 0.25) is 5.82 Å². The predicted molar refractivity (Wildman–Crippen MR) is 184 cm³/mol. The van der Waals surface area contributed by atoms with Gasteiger partial charge in [-0.2, -0.15) is 9.78 Å². The van der Waals surface area contributed by atoms with Crippen molar-refractivity contribution >= 4 is 71.5 Å². The standard InChI is InChI=1S/C34H26Br2N4O6/c1-19-11-13-21(14-12-19)38-29(41)18-45-32-27(44-3)15-20(30(35)31(32)36)17-37-40-33(39-24-8-5-4-7-22(24)34(40)42)28-16-23-25(43-2)9-6-10-26(23)46-28/h4-17H,18H2,1-3H3,(H,38,41). The molecule has 0 fully saturated rings. The number of nitrogens with one attached hydrogen (secondary N) is 1. The van der Waals surface area contributed by atoms with Crippen LogP contribution in [0, 0.1) is 6.92 Å². The van der Waals surface area contributed by atoms with Crippen molar-refractivity contribution in [2.24, 2.45) is 5.10 Å². The summed E-state index contributed by atoms with van der Waals surface area (Å²) in [6, 6.07) is 23.4. The number of carbonyl (C=O) groups excluding carboxylic acids is 1. The number of benzene rings is 4. The molecule has 2 aromatic heterocycles. The number of hydrogen-bond donors (Lipinski definition) is 1. The van der Waals surface area contributed by atoms with Gasteiger partial charge < -0.3 is 23.9 Å². The number of aromatic nitrogens is 2. The van der Waals surface area contributed by atoms with Crippen molar-refractivity contribution in [2.45, 2.75) is 6.92 Å². The van der Waals surface area contributed by atoms with Crippen LogP contribution in [0.1, 0.15) is 11.1 Å². The highest BCUT2D eigenvalue weighted by atomic mass is 79.9. The first-order valence-electron chi connectivity index (χ1n) is 14.0. The number of halogens is 2. The maximum atomic E-state index is 13.7. The van der Waals surface area contributed by atoms with E-state index in [-0.39, 0.29) is 23.9 Å². The highest BCUT2D eigenvalue weighted by Gasteiger charge is 2.20. The lowest BCUT2D eigenvalue weighted by molar-refractivity contribution is -0.118. The molecule has 1 N–H and O–H groups in total. The molecule has 0 spiro atoms. The Hall–Kier alpha value is -4.94. The van der Waals surface area contributed by atoms with E-state index in [0.717, 1.165) is 10.9 Å². The van der Waals surface area contributed by atoms with Crippen LogP contribution in [0.5, 0.6) is 17.2 Å². The Morgan fingerprint density at radius 1 is 0.957 bits per heavy atom. The van der Waals surface area contributed by atoms with E-state index >= 15 is 0 Å². The molecule has 0 aliphatic heterocycles. The number of amides is 1. The minimum absolute atomic E-state index is 0.208. The molecule has 6 rings (SSSR count). The molecule has 10 nitrogen and oxygen atoms in total. The molecular weight excluding hydrogens is 720 g/mol. The van der Waals surface area contributed by atoms with Crippen LogP contribution in [0.4, 0.5) is 5.69 Å². The third-order valence-electron chi connectivity index (χ3n) is 7.09. The molecule has 232 valence electrons. The van der Waals surface area contributed by atoms with Crippen molar-refractivity contribution in [2.75, 3.05) is 26.1 Å². The Morgan fingerprint density at radius 2 is 1.72 bits per heavy atom. The van der Waals surface area contributed by atoms with E-state index in [0.29, 0.717) is 59.7 Å². The van der Waals surface area contributed by atoms with Gasteiger partial charge in [-0.1, -0.05) is 35.9 Å². The molecular formula is C34H26Br2N4O6. The van der Waals surface area contributed by atoms with Crippen LogP contribution in [0.2, 0.25) is 0 Å². The van der Waals surface area contributed by atoms with Crippen LogP contribution in [-0.2, 0) is 4.79 Å². The summed E-state index contributed by atoms with van der Waals surface area (Å²) in [5.41, 5.74) is 3.00. The number of para-hydroxylation sites is 1. The summed E-state index contributed by atoms with van der Waals surface area (Å²) in [6.07, 6.45) is 1.50. The van der Waals surface area contributed by atoms with E-state index < -0.39 is 0 Å². The van der Waals surface area contributed by atoms with E-state index in [1.807, 2.05) is 55.5 Å². The highest BCUT2D eigenvalue weighted by Crippen LogP contribution is 2.42. The Kier molecular flexibility index (Phi) is 8.91. The summed E-state index contributed by atoms with van der Waals surface area (Å²) in [5.74, 6) is 1.49. The monoisotopic (exact) mass is 744 g/mol. The zero-order chi connectivity index (χ0) is 32.4. The van der Waals surface area contributed by atoms with E-state index in [4.69, 9.17) is 23.6 Å². The molecule has 0 saturated carbocycles. The smallest absolute Gasteiger partial charge is 0.282 e. The summed E-state index contributed by atoms with van der Waals surface area (Å²) in [7, 11) is 3.07. The molecule has 0 aliphatic rings. The van der Waals surface area contributed by atoms with Crippen molar-refractivity contribution in [3.63, 3.8) is 0 Å². The molecule has 2 heterocycles. The van der Waals surface area contributed by atoms with E-state index in [1.165, 1.54) is 18.0 Å². The lowest BCUT2D eigenvalue weighted by Crippen LogP contribution is -2.20. The van der Waals surface area contributed by atoms with Crippen LogP contribution in [-0.4, -0.2) is 42.6 Å². The van der Waals surface area contributed by atoms with Gasteiger partial charge in [0.05, 0.1) is 41.2 Å². The van der Waals surface area contributed by atoms with Gasteiger partial charge in [-0.3, -0.25) is 9.59 Å². The Labute approximate surface area is 279 Å². The second kappa shape index (κ2) is 13.2. The molecule has 4 aromatic carbocycles.